The summed E-state index contributed by atoms with van der Waals surface area (Å²) < 4.78 is 0.889. The molecule has 2 amide bonds. The average Bonchev–Trinajstić information content (AvgIpc) is 2.65. The quantitative estimate of drug-likeness (QED) is 0.666. The van der Waals surface area contributed by atoms with Crippen LogP contribution >= 0.6 is 34.2 Å². The predicted octanol–water partition coefficient (Wildman–Crippen LogP) is 4.25. The molecule has 4 nitrogen and oxygen atoms in total. The fourth-order valence-electron chi connectivity index (χ4n) is 3.72. The summed E-state index contributed by atoms with van der Waals surface area (Å²) in [6.07, 6.45) is 7.31. The number of carbonyl (C=O) groups is 2. The van der Waals surface area contributed by atoms with Gasteiger partial charge in [-0.25, -0.2) is 0 Å². The average molecular weight is 475 g/mol. The number of piperidine rings is 1. The van der Waals surface area contributed by atoms with Gasteiger partial charge in [-0.15, -0.1) is 0 Å². The van der Waals surface area contributed by atoms with E-state index < -0.39 is 0 Å². The first-order valence-electron chi connectivity index (χ1n) is 9.09. The summed E-state index contributed by atoms with van der Waals surface area (Å²) in [5.41, 5.74) is 0.679. The second-order valence-electron chi connectivity index (χ2n) is 7.04. The number of benzene rings is 1. The molecule has 1 saturated carbocycles. The third-order valence-corrected chi connectivity index (χ3v) is 6.81. The van der Waals surface area contributed by atoms with Crippen LogP contribution in [0.25, 0.3) is 0 Å². The molecule has 0 bridgehead atoms. The molecular formula is C19H24ClIN2O2. The Morgan fingerprint density at radius 3 is 2.40 bits per heavy atom. The van der Waals surface area contributed by atoms with E-state index >= 15 is 0 Å². The Bertz CT molecular complexity index is 638. The smallest absolute Gasteiger partial charge is 0.253 e. The Kier molecular flexibility index (Phi) is 6.61. The molecule has 0 atom stereocenters. The van der Waals surface area contributed by atoms with Crippen molar-refractivity contribution in [3.05, 3.63) is 32.4 Å². The van der Waals surface area contributed by atoms with E-state index in [1.165, 1.54) is 19.3 Å². The molecule has 1 saturated heterocycles. The van der Waals surface area contributed by atoms with Gasteiger partial charge in [0.15, 0.2) is 0 Å². The van der Waals surface area contributed by atoms with Crippen LogP contribution in [0.4, 0.5) is 0 Å². The van der Waals surface area contributed by atoms with E-state index in [4.69, 9.17) is 11.6 Å². The normalized spacial score (nSPS) is 19.7. The maximum Gasteiger partial charge on any atom is 0.253 e. The highest BCUT2D eigenvalue weighted by Gasteiger charge is 2.27. The van der Waals surface area contributed by atoms with Gasteiger partial charge in [-0.3, -0.25) is 9.59 Å². The van der Waals surface area contributed by atoms with Gasteiger partial charge in [0, 0.05) is 34.2 Å². The van der Waals surface area contributed by atoms with Gasteiger partial charge in [-0.1, -0.05) is 30.9 Å². The molecule has 0 radical (unpaired) electrons. The summed E-state index contributed by atoms with van der Waals surface area (Å²) in [5, 5.41) is 3.88. The molecule has 1 aliphatic carbocycles. The molecule has 2 aliphatic rings. The Morgan fingerprint density at radius 2 is 1.76 bits per heavy atom. The van der Waals surface area contributed by atoms with E-state index in [0.717, 1.165) is 29.3 Å². The van der Waals surface area contributed by atoms with Crippen molar-refractivity contribution in [2.45, 2.75) is 51.0 Å². The molecule has 6 heteroatoms. The monoisotopic (exact) mass is 474 g/mol. The maximum atomic E-state index is 12.6. The molecule has 1 heterocycles. The van der Waals surface area contributed by atoms with E-state index in [2.05, 4.69) is 27.9 Å². The van der Waals surface area contributed by atoms with Crippen molar-refractivity contribution in [1.82, 2.24) is 10.2 Å². The number of nitrogens with zero attached hydrogens (tertiary/aromatic N) is 1. The van der Waals surface area contributed by atoms with Gasteiger partial charge in [0.2, 0.25) is 5.91 Å². The number of hydrogen-bond donors (Lipinski definition) is 1. The highest BCUT2D eigenvalue weighted by atomic mass is 127. The van der Waals surface area contributed by atoms with E-state index in [1.54, 1.807) is 12.1 Å². The lowest BCUT2D eigenvalue weighted by atomic mass is 9.88. The lowest BCUT2D eigenvalue weighted by Gasteiger charge is -2.33. The van der Waals surface area contributed by atoms with E-state index in [9.17, 15) is 9.59 Å². The van der Waals surface area contributed by atoms with Gasteiger partial charge in [-0.2, -0.15) is 0 Å². The number of nitrogens with one attached hydrogen (secondary N) is 1. The van der Waals surface area contributed by atoms with Crippen molar-refractivity contribution in [3.63, 3.8) is 0 Å². The summed E-state index contributed by atoms with van der Waals surface area (Å²) in [6, 6.07) is 5.59. The fourth-order valence-corrected chi connectivity index (χ4v) is 4.36. The number of halogens is 2. The number of rotatable bonds is 3. The van der Waals surface area contributed by atoms with Crippen molar-refractivity contribution in [2.75, 3.05) is 13.1 Å². The summed E-state index contributed by atoms with van der Waals surface area (Å²) in [4.78, 5) is 26.9. The van der Waals surface area contributed by atoms with Gasteiger partial charge in [0.05, 0.1) is 5.02 Å². The van der Waals surface area contributed by atoms with E-state index in [-0.39, 0.29) is 23.8 Å². The van der Waals surface area contributed by atoms with Gasteiger partial charge in [-0.05, 0) is 66.5 Å². The summed E-state index contributed by atoms with van der Waals surface area (Å²) in [5.74, 6) is 0.466. The first-order chi connectivity index (χ1) is 12.0. The molecule has 0 spiro atoms. The summed E-state index contributed by atoms with van der Waals surface area (Å²) in [6.45, 7) is 1.38. The largest absolute Gasteiger partial charge is 0.353 e. The van der Waals surface area contributed by atoms with Crippen LogP contribution in [0, 0.1) is 9.49 Å². The highest BCUT2D eigenvalue weighted by molar-refractivity contribution is 14.1. The molecule has 1 N–H and O–H groups in total. The third kappa shape index (κ3) is 4.88. The molecule has 3 rings (SSSR count). The first-order valence-corrected chi connectivity index (χ1v) is 10.5. The number of carbonyl (C=O) groups excluding carboxylic acids is 2. The first kappa shape index (κ1) is 19.0. The van der Waals surface area contributed by atoms with Crippen LogP contribution < -0.4 is 5.32 Å². The van der Waals surface area contributed by atoms with Gasteiger partial charge in [0.1, 0.15) is 0 Å². The summed E-state index contributed by atoms with van der Waals surface area (Å²) in [7, 11) is 0. The molecule has 136 valence electrons. The Labute approximate surface area is 167 Å². The van der Waals surface area contributed by atoms with Crippen LogP contribution in [0.2, 0.25) is 5.02 Å². The fraction of sp³-hybridized carbons (Fsp3) is 0.579. The molecule has 1 aromatic carbocycles. The zero-order valence-electron chi connectivity index (χ0n) is 14.3. The Balaban J connectivity index is 1.50. The summed E-state index contributed by atoms with van der Waals surface area (Å²) >= 11 is 8.17. The van der Waals surface area contributed by atoms with E-state index in [1.807, 2.05) is 11.0 Å². The molecule has 0 aromatic heterocycles. The molecule has 1 aromatic rings. The predicted molar refractivity (Wildman–Crippen MR) is 108 cm³/mol. The number of amides is 2. The van der Waals surface area contributed by atoms with Gasteiger partial charge in [0.25, 0.3) is 5.91 Å². The van der Waals surface area contributed by atoms with Gasteiger partial charge < -0.3 is 10.2 Å². The lowest BCUT2D eigenvalue weighted by Crippen LogP contribution is -2.48. The van der Waals surface area contributed by atoms with E-state index in [0.29, 0.717) is 23.7 Å². The van der Waals surface area contributed by atoms with Crippen LogP contribution in [-0.4, -0.2) is 35.8 Å². The van der Waals surface area contributed by atoms with Crippen molar-refractivity contribution in [2.24, 2.45) is 5.92 Å². The molecule has 2 fully saturated rings. The molecular weight excluding hydrogens is 451 g/mol. The minimum absolute atomic E-state index is 0.0478. The minimum Gasteiger partial charge on any atom is -0.353 e. The van der Waals surface area contributed by atoms with Crippen molar-refractivity contribution in [3.8, 4) is 0 Å². The van der Waals surface area contributed by atoms with Gasteiger partial charge >= 0.3 is 0 Å². The Morgan fingerprint density at radius 1 is 1.08 bits per heavy atom. The highest BCUT2D eigenvalue weighted by Crippen LogP contribution is 2.25. The maximum absolute atomic E-state index is 12.6. The SMILES string of the molecule is O=C(NC1CCN(C(=O)c2ccc(Cl)c(I)c2)CC1)C1CCCCC1. The topological polar surface area (TPSA) is 49.4 Å². The minimum atomic E-state index is 0.0478. The zero-order chi connectivity index (χ0) is 17.8. The standard InChI is InChI=1S/C19H24ClIN2O2/c20-16-7-6-14(12-17(16)21)19(25)23-10-8-15(9-11-23)22-18(24)13-4-2-1-3-5-13/h6-7,12-13,15H,1-5,8-11H2,(H,22,24). The zero-order valence-corrected chi connectivity index (χ0v) is 17.2. The molecule has 25 heavy (non-hydrogen) atoms. The van der Waals surface area contributed by atoms with Crippen molar-refractivity contribution in [1.29, 1.82) is 0 Å². The van der Waals surface area contributed by atoms with Crippen LogP contribution in [-0.2, 0) is 4.79 Å². The van der Waals surface area contributed by atoms with Crippen LogP contribution in [0.3, 0.4) is 0 Å². The third-order valence-electron chi connectivity index (χ3n) is 5.27. The number of likely N-dealkylation sites (tertiary alicyclic amines) is 1. The van der Waals surface area contributed by atoms with Crippen LogP contribution in [0.5, 0.6) is 0 Å². The lowest BCUT2D eigenvalue weighted by molar-refractivity contribution is -0.126. The Hall–Kier alpha value is -0.820. The second kappa shape index (κ2) is 8.71. The van der Waals surface area contributed by atoms with Crippen molar-refractivity contribution >= 4 is 46.0 Å². The molecule has 1 aliphatic heterocycles. The van der Waals surface area contributed by atoms with Crippen LogP contribution in [0.15, 0.2) is 18.2 Å². The number of hydrogen-bond acceptors (Lipinski definition) is 2. The van der Waals surface area contributed by atoms with Crippen LogP contribution in [0.1, 0.15) is 55.3 Å². The second-order valence-corrected chi connectivity index (χ2v) is 8.61. The van der Waals surface area contributed by atoms with Crippen molar-refractivity contribution < 1.29 is 9.59 Å². The molecule has 0 unspecified atom stereocenters.